The Kier molecular flexibility index (Phi) is 6.95. The van der Waals surface area contributed by atoms with Crippen LogP contribution in [0.2, 0.25) is 0 Å². The zero-order valence-corrected chi connectivity index (χ0v) is 18.0. The number of carbonyl (C=O) groups excluding carboxylic acids is 3. The molecule has 2 saturated heterocycles. The van der Waals surface area contributed by atoms with Crippen LogP contribution in [-0.4, -0.2) is 60.1 Å². The standard InChI is InChI=1S/C25H28FN3O3/c26-20-10-8-19(9-11-20)24(31)21-16-28(15-18-5-2-1-3-6-18)17-22(21)25(32)27-12-14-29-13-4-7-23(29)30/h1-3,5-6,8-11,21-22H,4,7,12-17H2,(H,27,32)/t21-,22-/m1/s1. The molecule has 2 fully saturated rings. The molecule has 6 nitrogen and oxygen atoms in total. The van der Waals surface area contributed by atoms with E-state index >= 15 is 0 Å². The van der Waals surface area contributed by atoms with Gasteiger partial charge in [0.25, 0.3) is 0 Å². The summed E-state index contributed by atoms with van der Waals surface area (Å²) in [6, 6.07) is 15.4. The van der Waals surface area contributed by atoms with Gasteiger partial charge in [-0.05, 0) is 36.2 Å². The summed E-state index contributed by atoms with van der Waals surface area (Å²) in [4.78, 5) is 41.9. The van der Waals surface area contributed by atoms with E-state index in [9.17, 15) is 18.8 Å². The topological polar surface area (TPSA) is 69.7 Å². The Balaban J connectivity index is 1.44. The lowest BCUT2D eigenvalue weighted by Crippen LogP contribution is -2.41. The van der Waals surface area contributed by atoms with Gasteiger partial charge in [0.2, 0.25) is 11.8 Å². The molecular weight excluding hydrogens is 409 g/mol. The molecule has 2 aromatic rings. The number of amides is 2. The second kappa shape index (κ2) is 10.0. The molecule has 168 valence electrons. The Morgan fingerprint density at radius 3 is 2.41 bits per heavy atom. The molecule has 7 heteroatoms. The Hall–Kier alpha value is -3.06. The van der Waals surface area contributed by atoms with Gasteiger partial charge in [-0.2, -0.15) is 0 Å². The zero-order valence-electron chi connectivity index (χ0n) is 18.0. The van der Waals surface area contributed by atoms with Gasteiger partial charge in [0.1, 0.15) is 5.82 Å². The molecule has 0 radical (unpaired) electrons. The lowest BCUT2D eigenvalue weighted by molar-refractivity contribution is -0.129. The van der Waals surface area contributed by atoms with Crippen LogP contribution in [0.15, 0.2) is 54.6 Å². The van der Waals surface area contributed by atoms with Gasteiger partial charge in [0, 0.05) is 57.2 Å². The minimum atomic E-state index is -0.502. The second-order valence-corrected chi connectivity index (χ2v) is 8.54. The number of hydrogen-bond donors (Lipinski definition) is 1. The number of nitrogens with zero attached hydrogens (tertiary/aromatic N) is 2. The van der Waals surface area contributed by atoms with Crippen molar-refractivity contribution in [2.24, 2.45) is 11.8 Å². The van der Waals surface area contributed by atoms with Crippen LogP contribution >= 0.6 is 0 Å². The number of likely N-dealkylation sites (tertiary alicyclic amines) is 2. The van der Waals surface area contributed by atoms with Gasteiger partial charge in [-0.3, -0.25) is 19.3 Å². The lowest BCUT2D eigenvalue weighted by Gasteiger charge is -2.19. The summed E-state index contributed by atoms with van der Waals surface area (Å²) in [5.41, 5.74) is 1.53. The van der Waals surface area contributed by atoms with E-state index < -0.39 is 17.7 Å². The average molecular weight is 438 g/mol. The molecule has 2 amide bonds. The molecule has 0 saturated carbocycles. The first-order valence-corrected chi connectivity index (χ1v) is 11.1. The SMILES string of the molecule is O=C(NCCN1CCCC1=O)[C@@H]1CN(Cc2ccccc2)C[C@H]1C(=O)c1ccc(F)cc1. The highest BCUT2D eigenvalue weighted by Crippen LogP contribution is 2.28. The largest absolute Gasteiger partial charge is 0.354 e. The maximum Gasteiger partial charge on any atom is 0.225 e. The molecule has 32 heavy (non-hydrogen) atoms. The Morgan fingerprint density at radius 1 is 1.00 bits per heavy atom. The molecule has 0 spiro atoms. The Labute approximate surface area is 187 Å². The van der Waals surface area contributed by atoms with E-state index in [-0.39, 0.29) is 17.6 Å². The van der Waals surface area contributed by atoms with Crippen LogP contribution in [0.4, 0.5) is 4.39 Å². The minimum Gasteiger partial charge on any atom is -0.354 e. The van der Waals surface area contributed by atoms with Gasteiger partial charge in [0.15, 0.2) is 5.78 Å². The fourth-order valence-corrected chi connectivity index (χ4v) is 4.60. The fraction of sp³-hybridized carbons (Fsp3) is 0.400. The van der Waals surface area contributed by atoms with Crippen LogP contribution in [0.25, 0.3) is 0 Å². The molecule has 2 aliphatic rings. The molecule has 0 aromatic heterocycles. The number of ketones is 1. The molecular formula is C25H28FN3O3. The zero-order chi connectivity index (χ0) is 22.5. The molecule has 2 heterocycles. The third-order valence-electron chi connectivity index (χ3n) is 6.30. The summed E-state index contributed by atoms with van der Waals surface area (Å²) >= 11 is 0. The molecule has 0 unspecified atom stereocenters. The quantitative estimate of drug-likeness (QED) is 0.645. The predicted octanol–water partition coefficient (Wildman–Crippen LogP) is 2.50. The number of carbonyl (C=O) groups is 3. The molecule has 0 bridgehead atoms. The number of halogens is 1. The minimum absolute atomic E-state index is 0.124. The summed E-state index contributed by atoms with van der Waals surface area (Å²) in [6.07, 6.45) is 1.43. The maximum absolute atomic E-state index is 13.3. The Morgan fingerprint density at radius 2 is 1.72 bits per heavy atom. The molecule has 2 atom stereocenters. The van der Waals surface area contributed by atoms with Crippen molar-refractivity contribution in [2.45, 2.75) is 19.4 Å². The van der Waals surface area contributed by atoms with Crippen LogP contribution in [0, 0.1) is 17.7 Å². The van der Waals surface area contributed by atoms with Gasteiger partial charge in [0.05, 0.1) is 5.92 Å². The first-order chi connectivity index (χ1) is 15.5. The van der Waals surface area contributed by atoms with Crippen molar-refractivity contribution in [3.05, 3.63) is 71.5 Å². The first kappa shape index (κ1) is 22.1. The van der Waals surface area contributed by atoms with Crippen molar-refractivity contribution in [2.75, 3.05) is 32.7 Å². The van der Waals surface area contributed by atoms with Crippen molar-refractivity contribution < 1.29 is 18.8 Å². The highest BCUT2D eigenvalue weighted by atomic mass is 19.1. The van der Waals surface area contributed by atoms with E-state index in [1.54, 1.807) is 4.90 Å². The molecule has 0 aliphatic carbocycles. The predicted molar refractivity (Wildman–Crippen MR) is 118 cm³/mol. The van der Waals surface area contributed by atoms with E-state index in [1.165, 1.54) is 24.3 Å². The van der Waals surface area contributed by atoms with E-state index in [0.29, 0.717) is 44.7 Å². The lowest BCUT2D eigenvalue weighted by atomic mass is 9.88. The van der Waals surface area contributed by atoms with Gasteiger partial charge in [-0.15, -0.1) is 0 Å². The number of benzene rings is 2. The normalized spacial score (nSPS) is 21.2. The van der Waals surface area contributed by atoms with Crippen LogP contribution in [-0.2, 0) is 16.1 Å². The molecule has 2 aromatic carbocycles. The van der Waals surface area contributed by atoms with Crippen molar-refractivity contribution in [1.82, 2.24) is 15.1 Å². The maximum atomic E-state index is 13.3. The van der Waals surface area contributed by atoms with Crippen LogP contribution < -0.4 is 5.32 Å². The number of nitrogens with one attached hydrogen (secondary N) is 1. The fourth-order valence-electron chi connectivity index (χ4n) is 4.60. The summed E-state index contributed by atoms with van der Waals surface area (Å²) in [5.74, 6) is -1.59. The second-order valence-electron chi connectivity index (χ2n) is 8.54. The number of rotatable bonds is 8. The molecule has 1 N–H and O–H groups in total. The molecule has 4 rings (SSSR count). The van der Waals surface area contributed by atoms with Crippen LogP contribution in [0.1, 0.15) is 28.8 Å². The van der Waals surface area contributed by atoms with Crippen LogP contribution in [0.3, 0.4) is 0 Å². The van der Waals surface area contributed by atoms with E-state index in [2.05, 4.69) is 10.2 Å². The van der Waals surface area contributed by atoms with Crippen molar-refractivity contribution in [3.8, 4) is 0 Å². The van der Waals surface area contributed by atoms with Gasteiger partial charge in [-0.1, -0.05) is 30.3 Å². The summed E-state index contributed by atoms with van der Waals surface area (Å²) in [6.45, 7) is 3.18. The highest BCUT2D eigenvalue weighted by molar-refractivity contribution is 6.01. The molecule has 2 aliphatic heterocycles. The average Bonchev–Trinajstić information content (AvgIpc) is 3.41. The highest BCUT2D eigenvalue weighted by Gasteiger charge is 2.41. The Bertz CT molecular complexity index is 964. The summed E-state index contributed by atoms with van der Waals surface area (Å²) in [7, 11) is 0. The third-order valence-corrected chi connectivity index (χ3v) is 6.30. The van der Waals surface area contributed by atoms with E-state index in [1.807, 2.05) is 30.3 Å². The van der Waals surface area contributed by atoms with Gasteiger partial charge < -0.3 is 10.2 Å². The van der Waals surface area contributed by atoms with Crippen molar-refractivity contribution in [3.63, 3.8) is 0 Å². The van der Waals surface area contributed by atoms with Gasteiger partial charge in [-0.25, -0.2) is 4.39 Å². The smallest absolute Gasteiger partial charge is 0.225 e. The summed E-state index contributed by atoms with van der Waals surface area (Å²) < 4.78 is 13.3. The summed E-state index contributed by atoms with van der Waals surface area (Å²) in [5, 5.41) is 2.93. The number of Topliss-reactive ketones (excluding diaryl/α,β-unsaturated/α-hetero) is 1. The van der Waals surface area contributed by atoms with E-state index in [4.69, 9.17) is 0 Å². The van der Waals surface area contributed by atoms with Gasteiger partial charge >= 0.3 is 0 Å². The van der Waals surface area contributed by atoms with Crippen LogP contribution in [0.5, 0.6) is 0 Å². The first-order valence-electron chi connectivity index (χ1n) is 11.1. The monoisotopic (exact) mass is 437 g/mol. The van der Waals surface area contributed by atoms with E-state index in [0.717, 1.165) is 18.5 Å². The number of hydrogen-bond acceptors (Lipinski definition) is 4. The third kappa shape index (κ3) is 5.22. The van der Waals surface area contributed by atoms with Crippen molar-refractivity contribution >= 4 is 17.6 Å². The van der Waals surface area contributed by atoms with Crippen molar-refractivity contribution in [1.29, 1.82) is 0 Å².